The number of benzene rings is 1. The number of carbonyl (C=O) groups is 1. The van der Waals surface area contributed by atoms with Crippen molar-refractivity contribution >= 4 is 11.6 Å². The zero-order valence-electron chi connectivity index (χ0n) is 12.7. The molecule has 1 fully saturated rings. The number of nitrogens with zero attached hydrogens (tertiary/aromatic N) is 2. The van der Waals surface area contributed by atoms with Gasteiger partial charge in [0.05, 0.1) is 29.5 Å². The number of carbonyl (C=O) groups excluding carboxylic acids is 1. The van der Waals surface area contributed by atoms with Crippen molar-refractivity contribution in [3.8, 4) is 6.07 Å². The molecule has 112 valence electrons. The van der Waals surface area contributed by atoms with Crippen LogP contribution in [0.3, 0.4) is 0 Å². The minimum atomic E-state index is -0.259. The number of rotatable bonds is 3. The summed E-state index contributed by atoms with van der Waals surface area (Å²) >= 11 is 0. The third-order valence-corrected chi connectivity index (χ3v) is 3.68. The van der Waals surface area contributed by atoms with Gasteiger partial charge in [-0.2, -0.15) is 5.26 Å². The van der Waals surface area contributed by atoms with Gasteiger partial charge in [-0.25, -0.2) is 0 Å². The Kier molecular flexibility index (Phi) is 4.94. The van der Waals surface area contributed by atoms with Gasteiger partial charge in [0.1, 0.15) is 6.07 Å². The van der Waals surface area contributed by atoms with Gasteiger partial charge in [-0.15, -0.1) is 0 Å². The van der Waals surface area contributed by atoms with Crippen LogP contribution in [0.2, 0.25) is 0 Å². The molecular formula is C16H21N3O2. The first-order valence-corrected chi connectivity index (χ1v) is 7.20. The first kappa shape index (κ1) is 15.5. The minimum Gasteiger partial charge on any atom is -0.373 e. The maximum Gasteiger partial charge on any atom is 0.241 e. The third kappa shape index (κ3) is 3.81. The molecule has 0 bridgehead atoms. The predicted molar refractivity (Wildman–Crippen MR) is 80.8 cm³/mol. The van der Waals surface area contributed by atoms with Crippen molar-refractivity contribution in [1.82, 2.24) is 4.90 Å². The molecule has 1 N–H and O–H groups in total. The minimum absolute atomic E-state index is 0.0981. The van der Waals surface area contributed by atoms with Gasteiger partial charge in [0.2, 0.25) is 5.91 Å². The Hall–Kier alpha value is -1.90. The molecule has 0 radical (unpaired) electrons. The Balaban J connectivity index is 2.04. The Labute approximate surface area is 125 Å². The van der Waals surface area contributed by atoms with Crippen molar-refractivity contribution in [3.63, 3.8) is 0 Å². The first-order chi connectivity index (χ1) is 10.0. The summed E-state index contributed by atoms with van der Waals surface area (Å²) in [5.74, 6) is -0.0981. The Morgan fingerprint density at radius 3 is 2.62 bits per heavy atom. The van der Waals surface area contributed by atoms with E-state index >= 15 is 0 Å². The molecule has 5 nitrogen and oxygen atoms in total. The standard InChI is InChI=1S/C16H21N3O2/c1-11-9-19(10-12(2)21-11)13(3)16(20)18-15-7-5-4-6-14(15)8-17/h4-7,11-13H,9-10H2,1-3H3,(H,18,20)/t11-,12+,13-/m0/s1. The normalized spacial score (nSPS) is 24.1. The summed E-state index contributed by atoms with van der Waals surface area (Å²) in [5, 5.41) is 11.9. The van der Waals surface area contributed by atoms with E-state index in [-0.39, 0.29) is 24.2 Å². The van der Waals surface area contributed by atoms with Gasteiger partial charge in [0.15, 0.2) is 0 Å². The molecule has 1 aromatic carbocycles. The number of ether oxygens (including phenoxy) is 1. The Bertz CT molecular complexity index is 543. The number of hydrogen-bond acceptors (Lipinski definition) is 4. The van der Waals surface area contributed by atoms with Crippen molar-refractivity contribution < 1.29 is 9.53 Å². The van der Waals surface area contributed by atoms with E-state index in [0.29, 0.717) is 11.3 Å². The number of nitrogens with one attached hydrogen (secondary N) is 1. The molecule has 1 amide bonds. The SMILES string of the molecule is C[C@@H]1CN([C@@H](C)C(=O)Nc2ccccc2C#N)C[C@H](C)O1. The highest BCUT2D eigenvalue weighted by molar-refractivity contribution is 5.95. The van der Waals surface area contributed by atoms with Gasteiger partial charge in [-0.1, -0.05) is 12.1 Å². The van der Waals surface area contributed by atoms with Gasteiger partial charge in [-0.05, 0) is 32.9 Å². The number of para-hydroxylation sites is 1. The molecule has 1 aliphatic rings. The van der Waals surface area contributed by atoms with Crippen molar-refractivity contribution in [1.29, 1.82) is 5.26 Å². The molecule has 0 unspecified atom stereocenters. The lowest BCUT2D eigenvalue weighted by Crippen LogP contribution is -2.52. The molecule has 0 aromatic heterocycles. The Morgan fingerprint density at radius 2 is 2.00 bits per heavy atom. The largest absolute Gasteiger partial charge is 0.373 e. The van der Waals surface area contributed by atoms with E-state index in [1.165, 1.54) is 0 Å². The van der Waals surface area contributed by atoms with E-state index in [0.717, 1.165) is 13.1 Å². The second kappa shape index (κ2) is 6.70. The maximum atomic E-state index is 12.4. The van der Waals surface area contributed by atoms with E-state index in [1.807, 2.05) is 20.8 Å². The summed E-state index contributed by atoms with van der Waals surface area (Å²) in [5.41, 5.74) is 1.04. The van der Waals surface area contributed by atoms with E-state index in [1.54, 1.807) is 24.3 Å². The molecule has 21 heavy (non-hydrogen) atoms. The molecule has 1 aromatic rings. The summed E-state index contributed by atoms with van der Waals surface area (Å²) in [6, 6.07) is 8.85. The molecule has 1 saturated heterocycles. The van der Waals surface area contributed by atoms with Crippen molar-refractivity contribution in [2.75, 3.05) is 18.4 Å². The van der Waals surface area contributed by atoms with Gasteiger partial charge in [-0.3, -0.25) is 9.69 Å². The smallest absolute Gasteiger partial charge is 0.241 e. The average Bonchev–Trinajstić information content (AvgIpc) is 2.46. The molecule has 5 heteroatoms. The molecule has 0 spiro atoms. The van der Waals surface area contributed by atoms with Crippen molar-refractivity contribution in [3.05, 3.63) is 29.8 Å². The highest BCUT2D eigenvalue weighted by atomic mass is 16.5. The van der Waals surface area contributed by atoms with Crippen LogP contribution in [-0.2, 0) is 9.53 Å². The van der Waals surface area contributed by atoms with Crippen LogP contribution in [0.1, 0.15) is 26.3 Å². The number of hydrogen-bond donors (Lipinski definition) is 1. The zero-order chi connectivity index (χ0) is 15.4. The number of nitriles is 1. The fraction of sp³-hybridized carbons (Fsp3) is 0.500. The fourth-order valence-corrected chi connectivity index (χ4v) is 2.63. The Morgan fingerprint density at radius 1 is 1.38 bits per heavy atom. The molecule has 1 aliphatic heterocycles. The van der Waals surface area contributed by atoms with Gasteiger partial charge >= 0.3 is 0 Å². The molecule has 0 aliphatic carbocycles. The topological polar surface area (TPSA) is 65.4 Å². The van der Waals surface area contributed by atoms with Crippen LogP contribution < -0.4 is 5.32 Å². The number of anilines is 1. The lowest BCUT2D eigenvalue weighted by molar-refractivity contribution is -0.126. The van der Waals surface area contributed by atoms with E-state index in [9.17, 15) is 4.79 Å². The average molecular weight is 287 g/mol. The maximum absolute atomic E-state index is 12.4. The molecule has 3 atom stereocenters. The van der Waals surface area contributed by atoms with E-state index < -0.39 is 0 Å². The third-order valence-electron chi connectivity index (χ3n) is 3.68. The summed E-state index contributed by atoms with van der Waals surface area (Å²) in [6.45, 7) is 7.38. The van der Waals surface area contributed by atoms with Crippen LogP contribution >= 0.6 is 0 Å². The second-order valence-corrected chi connectivity index (χ2v) is 5.53. The van der Waals surface area contributed by atoms with Crippen LogP contribution in [-0.4, -0.2) is 42.1 Å². The molecular weight excluding hydrogens is 266 g/mol. The van der Waals surface area contributed by atoms with Crippen LogP contribution in [0.4, 0.5) is 5.69 Å². The summed E-state index contributed by atoms with van der Waals surface area (Å²) in [4.78, 5) is 14.5. The molecule has 0 saturated carbocycles. The predicted octanol–water partition coefficient (Wildman–Crippen LogP) is 1.99. The lowest BCUT2D eigenvalue weighted by Gasteiger charge is -2.38. The van der Waals surface area contributed by atoms with Crippen molar-refractivity contribution in [2.45, 2.75) is 39.0 Å². The van der Waals surface area contributed by atoms with Crippen LogP contribution in [0, 0.1) is 11.3 Å². The zero-order valence-corrected chi connectivity index (χ0v) is 12.7. The molecule has 1 heterocycles. The quantitative estimate of drug-likeness (QED) is 0.923. The second-order valence-electron chi connectivity index (χ2n) is 5.53. The van der Waals surface area contributed by atoms with Gasteiger partial charge in [0.25, 0.3) is 0 Å². The van der Waals surface area contributed by atoms with E-state index in [4.69, 9.17) is 10.00 Å². The first-order valence-electron chi connectivity index (χ1n) is 7.20. The lowest BCUT2D eigenvalue weighted by atomic mass is 10.1. The molecule has 2 rings (SSSR count). The van der Waals surface area contributed by atoms with E-state index in [2.05, 4.69) is 16.3 Å². The number of morpholine rings is 1. The van der Waals surface area contributed by atoms with Crippen LogP contribution in [0.25, 0.3) is 0 Å². The highest BCUT2D eigenvalue weighted by Gasteiger charge is 2.29. The monoisotopic (exact) mass is 287 g/mol. The van der Waals surface area contributed by atoms with Crippen LogP contribution in [0.15, 0.2) is 24.3 Å². The number of amides is 1. The van der Waals surface area contributed by atoms with Gasteiger partial charge < -0.3 is 10.1 Å². The summed E-state index contributed by atoms with van der Waals surface area (Å²) in [6.07, 6.45) is 0.241. The van der Waals surface area contributed by atoms with Crippen molar-refractivity contribution in [2.24, 2.45) is 0 Å². The summed E-state index contributed by atoms with van der Waals surface area (Å²) < 4.78 is 5.68. The van der Waals surface area contributed by atoms with Gasteiger partial charge in [0, 0.05) is 13.1 Å². The summed E-state index contributed by atoms with van der Waals surface area (Å²) in [7, 11) is 0. The fourth-order valence-electron chi connectivity index (χ4n) is 2.63. The highest BCUT2D eigenvalue weighted by Crippen LogP contribution is 2.17. The van der Waals surface area contributed by atoms with Crippen LogP contribution in [0.5, 0.6) is 0 Å².